The molecule has 4 N–H and O–H groups in total. The monoisotopic (exact) mass is 679 g/mol. The number of halogens is 3. The number of carboxylic acid groups (broad SMARTS) is 1. The number of nitrogens with two attached hydrogens (primary N) is 1. The molecule has 2 fully saturated rings. The number of nitrogens with zero attached hydrogens (tertiary/aromatic N) is 5. The standard InChI is InChI=1S/C35H40F3N7O4/c1-20(2)48-28-8-6-23(15-21(28)3)24-5-7-25(27(16-24)45-12-9-22(4)43-45)31(35(36,37)38)49-30-17-29(41-33(39)42-30)44-13-10-34(11-14-44)18-26(32(46)47)40-19-34/h5-9,12,15-17,20,26,31,40H,10-11,13-14,18-19H2,1-4H3,(H,46,47)(H2,39,41,42)/t26?,31-/m1/s1. The topological polar surface area (TPSA) is 141 Å². The first-order valence-electron chi connectivity index (χ1n) is 16.2. The number of aryl methyl sites for hydroxylation is 2. The van der Waals surface area contributed by atoms with E-state index in [2.05, 4.69) is 20.4 Å². The molecule has 1 unspecified atom stereocenters. The van der Waals surface area contributed by atoms with E-state index in [-0.39, 0.29) is 34.6 Å². The molecule has 2 aromatic carbocycles. The van der Waals surface area contributed by atoms with E-state index in [1.54, 1.807) is 31.3 Å². The molecule has 0 radical (unpaired) electrons. The Morgan fingerprint density at radius 1 is 1.04 bits per heavy atom. The predicted molar refractivity (Wildman–Crippen MR) is 178 cm³/mol. The molecular weight excluding hydrogens is 639 g/mol. The lowest BCUT2D eigenvalue weighted by Gasteiger charge is -2.39. The number of rotatable bonds is 9. The number of anilines is 2. The zero-order chi connectivity index (χ0) is 35.1. The number of alkyl halides is 3. The largest absolute Gasteiger partial charge is 0.491 e. The summed E-state index contributed by atoms with van der Waals surface area (Å²) in [6.07, 6.45) is -3.72. The van der Waals surface area contributed by atoms with Gasteiger partial charge in [-0.1, -0.05) is 18.2 Å². The molecule has 4 heterocycles. The molecule has 0 bridgehead atoms. The SMILES string of the molecule is Cc1ccn(-c2cc(-c3ccc(OC(C)C)c(C)c3)ccc2[C@@H](Oc2cc(N3CCC4(CC3)CNC(C(=O)O)C4)nc(N)n2)C(F)(F)F)n1. The third-order valence-electron chi connectivity index (χ3n) is 9.20. The van der Waals surface area contributed by atoms with Crippen molar-refractivity contribution in [1.29, 1.82) is 0 Å². The van der Waals surface area contributed by atoms with E-state index in [1.165, 1.54) is 16.8 Å². The fourth-order valence-corrected chi connectivity index (χ4v) is 6.67. The lowest BCUT2D eigenvalue weighted by molar-refractivity contribution is -0.198. The summed E-state index contributed by atoms with van der Waals surface area (Å²) in [5.74, 6) is -0.330. The minimum Gasteiger partial charge on any atom is -0.491 e. The van der Waals surface area contributed by atoms with E-state index >= 15 is 0 Å². The number of piperidine rings is 1. The van der Waals surface area contributed by atoms with Crippen LogP contribution in [0, 0.1) is 19.3 Å². The molecule has 0 amide bonds. The fraction of sp³-hybridized carbons (Fsp3) is 0.429. The highest BCUT2D eigenvalue weighted by Gasteiger charge is 2.46. The van der Waals surface area contributed by atoms with Crippen molar-refractivity contribution in [2.75, 3.05) is 30.3 Å². The lowest BCUT2D eigenvalue weighted by atomic mass is 9.76. The van der Waals surface area contributed by atoms with Gasteiger partial charge in [-0.05, 0) is 93.3 Å². The normalized spacial score (nSPS) is 18.2. The van der Waals surface area contributed by atoms with Crippen LogP contribution >= 0.6 is 0 Å². The van der Waals surface area contributed by atoms with Gasteiger partial charge in [0.25, 0.3) is 0 Å². The van der Waals surface area contributed by atoms with Crippen LogP contribution in [0.15, 0.2) is 54.7 Å². The summed E-state index contributed by atoms with van der Waals surface area (Å²) in [7, 11) is 0. The van der Waals surface area contributed by atoms with E-state index < -0.39 is 24.3 Å². The maximum Gasteiger partial charge on any atom is 0.429 e. The molecule has 4 aromatic rings. The Kier molecular flexibility index (Phi) is 9.18. The molecule has 11 nitrogen and oxygen atoms in total. The van der Waals surface area contributed by atoms with E-state index in [1.807, 2.05) is 43.9 Å². The van der Waals surface area contributed by atoms with Crippen molar-refractivity contribution >= 4 is 17.7 Å². The minimum atomic E-state index is -4.83. The quantitative estimate of drug-likeness (QED) is 0.192. The van der Waals surface area contributed by atoms with Gasteiger partial charge >= 0.3 is 12.1 Å². The molecule has 49 heavy (non-hydrogen) atoms. The van der Waals surface area contributed by atoms with E-state index in [0.29, 0.717) is 56.0 Å². The Hall–Kier alpha value is -4.85. The maximum atomic E-state index is 14.9. The minimum absolute atomic E-state index is 0.00545. The van der Waals surface area contributed by atoms with Gasteiger partial charge in [0.15, 0.2) is 0 Å². The molecule has 1 spiro atoms. The van der Waals surface area contributed by atoms with Crippen molar-refractivity contribution in [2.45, 2.75) is 71.4 Å². The fourth-order valence-electron chi connectivity index (χ4n) is 6.67. The first kappa shape index (κ1) is 34.0. The number of nitrogens with one attached hydrogen (secondary N) is 1. The van der Waals surface area contributed by atoms with E-state index in [4.69, 9.17) is 15.2 Å². The zero-order valence-corrected chi connectivity index (χ0v) is 27.8. The first-order chi connectivity index (χ1) is 23.2. The van der Waals surface area contributed by atoms with Crippen LogP contribution in [0.1, 0.15) is 56.0 Å². The lowest BCUT2D eigenvalue weighted by Crippen LogP contribution is -2.41. The van der Waals surface area contributed by atoms with Gasteiger partial charge in [0.1, 0.15) is 17.6 Å². The molecule has 2 aliphatic heterocycles. The van der Waals surface area contributed by atoms with Gasteiger partial charge in [-0.3, -0.25) is 4.79 Å². The van der Waals surface area contributed by atoms with Crippen LogP contribution in [-0.4, -0.2) is 68.8 Å². The first-order valence-corrected chi connectivity index (χ1v) is 16.2. The van der Waals surface area contributed by atoms with Crippen LogP contribution < -0.4 is 25.4 Å². The average molecular weight is 680 g/mol. The van der Waals surface area contributed by atoms with Gasteiger partial charge in [-0.2, -0.15) is 28.2 Å². The average Bonchev–Trinajstić information content (AvgIpc) is 3.66. The molecule has 2 aliphatic rings. The number of benzene rings is 2. The van der Waals surface area contributed by atoms with Gasteiger partial charge in [0, 0.05) is 37.5 Å². The number of ether oxygens (including phenoxy) is 2. The third kappa shape index (κ3) is 7.43. The Morgan fingerprint density at radius 2 is 1.76 bits per heavy atom. The molecule has 260 valence electrons. The van der Waals surface area contributed by atoms with Crippen molar-refractivity contribution in [3.8, 4) is 28.4 Å². The Labute approximate surface area is 282 Å². The van der Waals surface area contributed by atoms with Crippen LogP contribution in [0.25, 0.3) is 16.8 Å². The molecule has 14 heteroatoms. The van der Waals surface area contributed by atoms with Crippen molar-refractivity contribution in [3.05, 3.63) is 71.5 Å². The second kappa shape index (κ2) is 13.2. The van der Waals surface area contributed by atoms with Gasteiger partial charge < -0.3 is 30.5 Å². The van der Waals surface area contributed by atoms with Gasteiger partial charge in [-0.15, -0.1) is 0 Å². The highest BCUT2D eigenvalue weighted by molar-refractivity contribution is 5.74. The molecule has 0 saturated carbocycles. The number of hydrogen-bond acceptors (Lipinski definition) is 9. The van der Waals surface area contributed by atoms with Gasteiger partial charge in [-0.25, -0.2) is 4.68 Å². The number of carbonyl (C=O) groups is 1. The van der Waals surface area contributed by atoms with Crippen LogP contribution in [0.2, 0.25) is 0 Å². The van der Waals surface area contributed by atoms with Crippen LogP contribution in [-0.2, 0) is 4.79 Å². The predicted octanol–water partition coefficient (Wildman–Crippen LogP) is 6.03. The Morgan fingerprint density at radius 3 is 2.37 bits per heavy atom. The van der Waals surface area contributed by atoms with Crippen LogP contribution in [0.3, 0.4) is 0 Å². The zero-order valence-electron chi connectivity index (χ0n) is 27.8. The number of carboxylic acids is 1. The summed E-state index contributed by atoms with van der Waals surface area (Å²) in [5.41, 5.74) is 8.91. The van der Waals surface area contributed by atoms with Gasteiger partial charge in [0.2, 0.25) is 17.9 Å². The summed E-state index contributed by atoms with van der Waals surface area (Å²) in [4.78, 5) is 21.7. The third-order valence-corrected chi connectivity index (χ3v) is 9.20. The molecule has 6 rings (SSSR count). The number of nitrogen functional groups attached to an aromatic ring is 1. The van der Waals surface area contributed by atoms with Crippen molar-refractivity contribution in [2.24, 2.45) is 5.41 Å². The second-order valence-corrected chi connectivity index (χ2v) is 13.2. The summed E-state index contributed by atoms with van der Waals surface area (Å²) in [6, 6.07) is 12.9. The second-order valence-electron chi connectivity index (χ2n) is 13.2. The smallest absolute Gasteiger partial charge is 0.429 e. The molecule has 2 aromatic heterocycles. The Balaban J connectivity index is 1.30. The summed E-state index contributed by atoms with van der Waals surface area (Å²) in [6.45, 7) is 9.22. The summed E-state index contributed by atoms with van der Waals surface area (Å²) in [5, 5.41) is 16.9. The highest BCUT2D eigenvalue weighted by Crippen LogP contribution is 2.43. The number of aliphatic carboxylic acids is 1. The van der Waals surface area contributed by atoms with Crippen LogP contribution in [0.5, 0.6) is 11.6 Å². The summed E-state index contributed by atoms with van der Waals surface area (Å²) >= 11 is 0. The van der Waals surface area contributed by atoms with E-state index in [9.17, 15) is 23.1 Å². The maximum absolute atomic E-state index is 14.9. The number of aromatic nitrogens is 4. The molecule has 2 saturated heterocycles. The van der Waals surface area contributed by atoms with E-state index in [0.717, 1.165) is 16.9 Å². The number of hydrogen-bond donors (Lipinski definition) is 3. The highest BCUT2D eigenvalue weighted by atomic mass is 19.4. The van der Waals surface area contributed by atoms with Crippen molar-refractivity contribution in [3.63, 3.8) is 0 Å². The van der Waals surface area contributed by atoms with Crippen molar-refractivity contribution in [1.82, 2.24) is 25.1 Å². The molecule has 0 aliphatic carbocycles. The van der Waals surface area contributed by atoms with Crippen LogP contribution in [0.4, 0.5) is 24.9 Å². The molecular formula is C35H40F3N7O4. The van der Waals surface area contributed by atoms with Gasteiger partial charge in [0.05, 0.1) is 17.5 Å². The Bertz CT molecular complexity index is 1840. The molecule has 2 atom stereocenters. The van der Waals surface area contributed by atoms with Crippen molar-refractivity contribution < 1.29 is 32.5 Å². The summed E-state index contributed by atoms with van der Waals surface area (Å²) < 4.78 is 57.7.